The molecule has 0 bridgehead atoms. The topological polar surface area (TPSA) is 136 Å². The molecule has 0 radical (unpaired) electrons. The van der Waals surface area contributed by atoms with Gasteiger partial charge in [0.05, 0.1) is 46.7 Å². The van der Waals surface area contributed by atoms with Gasteiger partial charge in [-0.15, -0.1) is 0 Å². The maximum atomic E-state index is 13.6. The number of carbonyl (C=O) groups excluding carboxylic acids is 1. The number of thiazole rings is 1. The molecular weight excluding hydrogens is 518 g/mol. The number of aromatic nitrogens is 5. The van der Waals surface area contributed by atoms with Crippen LogP contribution in [0.15, 0.2) is 35.4 Å². The van der Waals surface area contributed by atoms with Crippen LogP contribution in [0.5, 0.6) is 5.19 Å². The molecule has 1 aliphatic rings. The number of ether oxygens (including phenoxy) is 1. The van der Waals surface area contributed by atoms with E-state index in [-0.39, 0.29) is 17.5 Å². The Balaban J connectivity index is 1.59. The van der Waals surface area contributed by atoms with E-state index in [1.54, 1.807) is 38.2 Å². The number of nitrogens with zero attached hydrogens (tertiary/aromatic N) is 5. The summed E-state index contributed by atoms with van der Waals surface area (Å²) in [6.45, 7) is 3.99. The van der Waals surface area contributed by atoms with Gasteiger partial charge in [0.1, 0.15) is 11.6 Å². The van der Waals surface area contributed by atoms with Gasteiger partial charge in [-0.25, -0.2) is 19.7 Å². The first-order valence-electron chi connectivity index (χ1n) is 14.0. The Bertz CT molecular complexity index is 1720. The van der Waals surface area contributed by atoms with Crippen LogP contribution in [0.3, 0.4) is 0 Å². The number of aryl methyl sites for hydroxylation is 1. The predicted molar refractivity (Wildman–Crippen MR) is 151 cm³/mol. The number of nitrogens with one attached hydrogen (secondary N) is 2. The fourth-order valence-electron chi connectivity index (χ4n) is 5.18. The van der Waals surface area contributed by atoms with Crippen molar-refractivity contribution in [3.05, 3.63) is 46.6 Å². The smallest absolute Gasteiger partial charge is 0.329 e. The number of aliphatic hydroxyl groups is 1. The van der Waals surface area contributed by atoms with Crippen molar-refractivity contribution in [2.24, 2.45) is 6.98 Å². The summed E-state index contributed by atoms with van der Waals surface area (Å²) in [4.78, 5) is 39.4. The molecule has 1 amide bonds. The van der Waals surface area contributed by atoms with Crippen LogP contribution in [0.2, 0.25) is 0 Å². The van der Waals surface area contributed by atoms with E-state index in [0.29, 0.717) is 52.9 Å². The van der Waals surface area contributed by atoms with Gasteiger partial charge in [-0.3, -0.25) is 13.9 Å². The lowest BCUT2D eigenvalue weighted by Crippen LogP contribution is -2.43. The zero-order valence-electron chi connectivity index (χ0n) is 25.4. The van der Waals surface area contributed by atoms with Crippen LogP contribution in [-0.4, -0.2) is 47.7 Å². The third kappa shape index (κ3) is 5.26. The standard InChI is InChI=1S/C27H33N7O4S/c1-15(35)32-27(4)8-7-17(12-27)34-19-11-22(28-13-20(19)33(5)25(34)36)31-23-10-16(26(2,3)37)9-18(30-23)21-14-29-24(38-6)39-21/h9-11,13-14,17,37H,7-8,12H2,1-6H3,(H,32,35)(H,28,30,31)/t17-,27+/m1/s1/i5D3. The molecule has 0 aromatic carbocycles. The van der Waals surface area contributed by atoms with Crippen LogP contribution < -0.4 is 21.1 Å². The van der Waals surface area contributed by atoms with Crippen LogP contribution in [0, 0.1) is 0 Å². The van der Waals surface area contributed by atoms with Crippen molar-refractivity contribution in [3.8, 4) is 15.8 Å². The molecule has 11 nitrogen and oxygen atoms in total. The first-order chi connectivity index (χ1) is 19.6. The highest BCUT2D eigenvalue weighted by Crippen LogP contribution is 2.39. The quantitative estimate of drug-likeness (QED) is 0.313. The molecule has 0 unspecified atom stereocenters. The average molecular weight is 555 g/mol. The Hall–Kier alpha value is -3.77. The molecule has 206 valence electrons. The van der Waals surface area contributed by atoms with Crippen molar-refractivity contribution in [1.29, 1.82) is 0 Å². The molecule has 0 spiro atoms. The van der Waals surface area contributed by atoms with Gasteiger partial charge in [-0.05, 0) is 57.7 Å². The number of hydrogen-bond acceptors (Lipinski definition) is 9. The molecule has 1 aliphatic carbocycles. The second-order valence-corrected chi connectivity index (χ2v) is 11.7. The number of rotatable bonds is 7. The largest absolute Gasteiger partial charge is 0.473 e. The first kappa shape index (κ1) is 23.1. The number of pyridine rings is 2. The van der Waals surface area contributed by atoms with Crippen molar-refractivity contribution in [3.63, 3.8) is 0 Å². The molecule has 3 N–H and O–H groups in total. The van der Waals surface area contributed by atoms with E-state index < -0.39 is 23.8 Å². The Labute approximate surface area is 234 Å². The average Bonchev–Trinajstić information content (AvgIpc) is 3.57. The molecule has 0 aliphatic heterocycles. The summed E-state index contributed by atoms with van der Waals surface area (Å²) in [7, 11) is 1.53. The van der Waals surface area contributed by atoms with Gasteiger partial charge in [0, 0.05) is 35.7 Å². The van der Waals surface area contributed by atoms with Crippen LogP contribution in [-0.2, 0) is 17.4 Å². The SMILES string of the molecule is [2H]C([2H])([2H])n1c(=O)n([C@@H]2CC[C@](C)(NC(C)=O)C2)c2cc(Nc3cc(C(C)(C)O)cc(-c4cnc(OC)s4)n3)ncc21. The highest BCUT2D eigenvalue weighted by molar-refractivity contribution is 7.16. The van der Waals surface area contributed by atoms with Gasteiger partial charge >= 0.3 is 5.69 Å². The van der Waals surface area contributed by atoms with E-state index >= 15 is 0 Å². The summed E-state index contributed by atoms with van der Waals surface area (Å²) >= 11 is 1.31. The Morgan fingerprint density at radius 3 is 2.72 bits per heavy atom. The lowest BCUT2D eigenvalue weighted by molar-refractivity contribution is -0.120. The van der Waals surface area contributed by atoms with E-state index in [9.17, 15) is 14.7 Å². The minimum absolute atomic E-state index is 0.164. The van der Waals surface area contributed by atoms with Gasteiger partial charge in [-0.1, -0.05) is 11.3 Å². The van der Waals surface area contributed by atoms with E-state index in [1.807, 2.05) is 6.92 Å². The fourth-order valence-corrected chi connectivity index (χ4v) is 5.87. The van der Waals surface area contributed by atoms with E-state index in [2.05, 4.69) is 20.6 Å². The molecule has 4 aromatic heterocycles. The van der Waals surface area contributed by atoms with Crippen LogP contribution in [0.1, 0.15) is 62.7 Å². The lowest BCUT2D eigenvalue weighted by Gasteiger charge is -2.25. The second-order valence-electron chi connectivity index (χ2n) is 10.7. The number of amides is 1. The summed E-state index contributed by atoms with van der Waals surface area (Å²) in [5, 5.41) is 17.4. The van der Waals surface area contributed by atoms with Crippen molar-refractivity contribution < 1.29 is 18.8 Å². The zero-order chi connectivity index (χ0) is 30.6. The molecule has 4 heterocycles. The number of carbonyl (C=O) groups is 1. The molecule has 5 rings (SSSR count). The summed E-state index contributed by atoms with van der Waals surface area (Å²) in [6, 6.07) is 4.76. The maximum absolute atomic E-state index is 13.6. The number of methoxy groups -OCH3 is 1. The Morgan fingerprint density at radius 1 is 1.26 bits per heavy atom. The van der Waals surface area contributed by atoms with E-state index in [4.69, 9.17) is 13.8 Å². The van der Waals surface area contributed by atoms with Crippen molar-refractivity contribution in [2.45, 2.75) is 64.1 Å². The monoisotopic (exact) mass is 554 g/mol. The zero-order valence-corrected chi connectivity index (χ0v) is 23.2. The molecule has 0 saturated heterocycles. The van der Waals surface area contributed by atoms with E-state index in [0.717, 1.165) is 9.44 Å². The van der Waals surface area contributed by atoms with Gasteiger partial charge in [0.2, 0.25) is 5.91 Å². The minimum atomic E-state index is -2.72. The van der Waals surface area contributed by atoms with Crippen LogP contribution in [0.25, 0.3) is 21.6 Å². The summed E-state index contributed by atoms with van der Waals surface area (Å²) in [5.74, 6) is 0.546. The molecule has 39 heavy (non-hydrogen) atoms. The number of hydrogen-bond donors (Lipinski definition) is 3. The highest BCUT2D eigenvalue weighted by atomic mass is 32.1. The summed E-state index contributed by atoms with van der Waals surface area (Å²) in [5.41, 5.74) is -0.628. The summed E-state index contributed by atoms with van der Waals surface area (Å²) < 4.78 is 31.6. The van der Waals surface area contributed by atoms with Crippen LogP contribution in [0.4, 0.5) is 11.6 Å². The lowest BCUT2D eigenvalue weighted by atomic mass is 9.98. The first-order valence-corrected chi connectivity index (χ1v) is 13.3. The minimum Gasteiger partial charge on any atom is -0.473 e. The number of anilines is 2. The molecular formula is C27H33N7O4S. The molecule has 4 aromatic rings. The van der Waals surface area contributed by atoms with Gasteiger partial charge in [-0.2, -0.15) is 0 Å². The molecule has 12 heteroatoms. The summed E-state index contributed by atoms with van der Waals surface area (Å²) in [6.07, 6.45) is 4.69. The normalized spacial score (nSPS) is 20.9. The third-order valence-corrected chi connectivity index (χ3v) is 8.00. The van der Waals surface area contributed by atoms with Gasteiger partial charge in [0.25, 0.3) is 5.19 Å². The number of fused-ring (bicyclic) bond motifs is 1. The van der Waals surface area contributed by atoms with Crippen molar-refractivity contribution in [2.75, 3.05) is 12.4 Å². The highest BCUT2D eigenvalue weighted by Gasteiger charge is 2.38. The fraction of sp³-hybridized carbons (Fsp3) is 0.444. The van der Waals surface area contributed by atoms with Crippen molar-refractivity contribution in [1.82, 2.24) is 29.4 Å². The van der Waals surface area contributed by atoms with Crippen LogP contribution >= 0.6 is 11.3 Å². The van der Waals surface area contributed by atoms with Crippen molar-refractivity contribution >= 4 is 39.9 Å². The Morgan fingerprint density at radius 2 is 2.05 bits per heavy atom. The van der Waals surface area contributed by atoms with E-state index in [1.165, 1.54) is 36.1 Å². The van der Waals surface area contributed by atoms with Gasteiger partial charge < -0.3 is 20.5 Å². The van der Waals surface area contributed by atoms with Gasteiger partial charge in [0.15, 0.2) is 0 Å². The molecule has 1 fully saturated rings. The number of imidazole rings is 1. The third-order valence-electron chi connectivity index (χ3n) is 7.02. The molecule has 1 saturated carbocycles. The predicted octanol–water partition coefficient (Wildman–Crippen LogP) is 3.85. The molecule has 2 atom stereocenters. The maximum Gasteiger partial charge on any atom is 0.329 e. The second kappa shape index (κ2) is 9.76. The Kier molecular flexibility index (Phi) is 5.79.